The van der Waals surface area contributed by atoms with Gasteiger partial charge in [-0.3, -0.25) is 14.2 Å². The van der Waals surface area contributed by atoms with E-state index in [0.717, 1.165) is 52.4 Å². The van der Waals surface area contributed by atoms with E-state index in [1.54, 1.807) is 36.2 Å². The number of aromatic nitrogens is 2. The maximum atomic E-state index is 14.0. The van der Waals surface area contributed by atoms with Crippen molar-refractivity contribution in [3.8, 4) is 17.2 Å². The number of hydrogen-bond donors (Lipinski definition) is 1. The zero-order chi connectivity index (χ0) is 28.8. The molecule has 0 spiro atoms. The zero-order valence-electron chi connectivity index (χ0n) is 23.1. The van der Waals surface area contributed by atoms with Crippen LogP contribution in [0.25, 0.3) is 37.8 Å². The largest absolute Gasteiger partial charge is 0.497 e. The molecule has 1 aliphatic carbocycles. The molecule has 1 amide bonds. The summed E-state index contributed by atoms with van der Waals surface area (Å²) in [6, 6.07) is 18.7. The topological polar surface area (TPSA) is 95.6 Å². The van der Waals surface area contributed by atoms with Gasteiger partial charge in [-0.05, 0) is 67.6 Å². The SMILES string of the molecule is COc1ccc(-n2c(SCC(=O)Nc3cc4oc5ccccc5c4cc3OC)nc3sc4c(c3c2=O)CCCC4)cc1. The van der Waals surface area contributed by atoms with Gasteiger partial charge in [0, 0.05) is 21.7 Å². The number of thioether (sulfide) groups is 1. The van der Waals surface area contributed by atoms with Crippen molar-refractivity contribution < 1.29 is 18.7 Å². The number of fused-ring (bicyclic) bond motifs is 6. The third-order valence-electron chi connectivity index (χ3n) is 7.59. The second-order valence-corrected chi connectivity index (χ2v) is 12.1. The summed E-state index contributed by atoms with van der Waals surface area (Å²) >= 11 is 2.82. The standard InChI is InChI=1S/C32H27N3O5S2/c1-38-19-13-11-18(12-14-19)35-31(37)29-21-8-4-6-10-27(21)42-30(29)34-32(35)41-17-28(36)33-23-16-25-22(15-26(23)39-2)20-7-3-5-9-24(20)40-25/h3,5,7,9,11-16H,4,6,8,10,17H2,1-2H3,(H,33,36). The van der Waals surface area contributed by atoms with Crippen LogP contribution in [0.1, 0.15) is 23.3 Å². The van der Waals surface area contributed by atoms with Crippen molar-refractivity contribution in [3.05, 3.63) is 81.5 Å². The number of benzene rings is 3. The first-order chi connectivity index (χ1) is 20.5. The lowest BCUT2D eigenvalue weighted by Crippen LogP contribution is -2.23. The third kappa shape index (κ3) is 4.60. The molecule has 212 valence electrons. The highest BCUT2D eigenvalue weighted by molar-refractivity contribution is 7.99. The Bertz CT molecular complexity index is 2040. The number of nitrogens with zero attached hydrogens (tertiary/aromatic N) is 2. The number of carbonyl (C=O) groups is 1. The van der Waals surface area contributed by atoms with Crippen LogP contribution in [-0.2, 0) is 17.6 Å². The van der Waals surface area contributed by atoms with Gasteiger partial charge in [-0.15, -0.1) is 11.3 Å². The minimum absolute atomic E-state index is 0.0422. The van der Waals surface area contributed by atoms with Gasteiger partial charge in [0.25, 0.3) is 5.56 Å². The van der Waals surface area contributed by atoms with Crippen LogP contribution in [0.2, 0.25) is 0 Å². The Kier molecular flexibility index (Phi) is 6.87. The molecular weight excluding hydrogens is 571 g/mol. The van der Waals surface area contributed by atoms with Crippen LogP contribution in [0.15, 0.2) is 75.0 Å². The predicted octanol–water partition coefficient (Wildman–Crippen LogP) is 6.97. The first-order valence-electron chi connectivity index (χ1n) is 13.7. The lowest BCUT2D eigenvalue weighted by Gasteiger charge is -2.14. The molecule has 3 aromatic heterocycles. The first-order valence-corrected chi connectivity index (χ1v) is 15.5. The molecule has 0 saturated carbocycles. The number of ether oxygens (including phenoxy) is 2. The number of thiophene rings is 1. The molecule has 3 aromatic carbocycles. The van der Waals surface area contributed by atoms with Crippen LogP contribution in [0, 0.1) is 0 Å². The summed E-state index contributed by atoms with van der Waals surface area (Å²) in [5, 5.41) is 6.01. The van der Waals surface area contributed by atoms with Crippen molar-refractivity contribution in [2.75, 3.05) is 25.3 Å². The zero-order valence-corrected chi connectivity index (χ0v) is 24.7. The molecule has 3 heterocycles. The molecule has 0 atom stereocenters. The van der Waals surface area contributed by atoms with Crippen LogP contribution in [0.3, 0.4) is 0 Å². The number of anilines is 1. The fourth-order valence-corrected chi connectivity index (χ4v) is 7.69. The van der Waals surface area contributed by atoms with E-state index >= 15 is 0 Å². The maximum absolute atomic E-state index is 14.0. The summed E-state index contributed by atoms with van der Waals surface area (Å²) in [7, 11) is 3.18. The van der Waals surface area contributed by atoms with E-state index in [-0.39, 0.29) is 17.2 Å². The Labute approximate surface area is 249 Å². The van der Waals surface area contributed by atoms with E-state index in [4.69, 9.17) is 18.9 Å². The highest BCUT2D eigenvalue weighted by Gasteiger charge is 2.24. The summed E-state index contributed by atoms with van der Waals surface area (Å²) < 4.78 is 18.5. The van der Waals surface area contributed by atoms with Crippen molar-refractivity contribution in [1.29, 1.82) is 0 Å². The molecule has 6 aromatic rings. The van der Waals surface area contributed by atoms with Gasteiger partial charge in [-0.2, -0.15) is 0 Å². The molecule has 1 N–H and O–H groups in total. The Hall–Kier alpha value is -4.28. The monoisotopic (exact) mass is 597 g/mol. The van der Waals surface area contributed by atoms with Crippen molar-refractivity contribution in [2.24, 2.45) is 0 Å². The van der Waals surface area contributed by atoms with Gasteiger partial charge in [0.2, 0.25) is 5.91 Å². The van der Waals surface area contributed by atoms with E-state index < -0.39 is 0 Å². The molecule has 8 nitrogen and oxygen atoms in total. The molecular formula is C32H27N3O5S2. The first kappa shape index (κ1) is 26.6. The lowest BCUT2D eigenvalue weighted by molar-refractivity contribution is -0.113. The summed E-state index contributed by atoms with van der Waals surface area (Å²) in [5.41, 5.74) is 3.62. The number of aryl methyl sites for hydroxylation is 2. The quantitative estimate of drug-likeness (QED) is 0.157. The van der Waals surface area contributed by atoms with Gasteiger partial charge < -0.3 is 19.2 Å². The summed E-state index contributed by atoms with van der Waals surface area (Å²) in [6.45, 7) is 0. The van der Waals surface area contributed by atoms with Crippen LogP contribution in [-0.4, -0.2) is 35.4 Å². The van der Waals surface area contributed by atoms with Crippen molar-refractivity contribution >= 4 is 66.8 Å². The lowest BCUT2D eigenvalue weighted by atomic mass is 9.97. The molecule has 0 aliphatic heterocycles. The Morgan fingerprint density at radius 1 is 1.02 bits per heavy atom. The second kappa shape index (κ2) is 10.8. The fraction of sp³-hybridized carbons (Fsp3) is 0.219. The van der Waals surface area contributed by atoms with Crippen LogP contribution in [0.5, 0.6) is 11.5 Å². The minimum atomic E-state index is -0.255. The molecule has 7 rings (SSSR count). The van der Waals surface area contributed by atoms with E-state index in [1.807, 2.05) is 54.6 Å². The number of rotatable bonds is 7. The molecule has 10 heteroatoms. The van der Waals surface area contributed by atoms with Gasteiger partial charge in [0.15, 0.2) is 5.16 Å². The number of furan rings is 1. The second-order valence-electron chi connectivity index (χ2n) is 10.1. The maximum Gasteiger partial charge on any atom is 0.267 e. The van der Waals surface area contributed by atoms with E-state index in [2.05, 4.69) is 5.32 Å². The van der Waals surface area contributed by atoms with Crippen molar-refractivity contribution in [3.63, 3.8) is 0 Å². The van der Waals surface area contributed by atoms with Gasteiger partial charge >= 0.3 is 0 Å². The molecule has 0 saturated heterocycles. The van der Waals surface area contributed by atoms with Gasteiger partial charge in [-0.25, -0.2) is 4.98 Å². The smallest absolute Gasteiger partial charge is 0.267 e. The van der Waals surface area contributed by atoms with Crippen LogP contribution >= 0.6 is 23.1 Å². The molecule has 0 bridgehead atoms. The van der Waals surface area contributed by atoms with Gasteiger partial charge in [0.05, 0.1) is 36.7 Å². The van der Waals surface area contributed by atoms with Crippen LogP contribution in [0.4, 0.5) is 5.69 Å². The normalized spacial score (nSPS) is 13.0. The molecule has 0 radical (unpaired) electrons. The average Bonchev–Trinajstić information content (AvgIpc) is 3.57. The van der Waals surface area contributed by atoms with Crippen LogP contribution < -0.4 is 20.3 Å². The Morgan fingerprint density at radius 3 is 2.64 bits per heavy atom. The number of hydrogen-bond acceptors (Lipinski definition) is 8. The van der Waals surface area contributed by atoms with E-state index in [0.29, 0.717) is 39.0 Å². The Balaban J connectivity index is 1.22. The van der Waals surface area contributed by atoms with Crippen molar-refractivity contribution in [1.82, 2.24) is 9.55 Å². The number of nitrogens with one attached hydrogen (secondary N) is 1. The van der Waals surface area contributed by atoms with Gasteiger partial charge in [0.1, 0.15) is 27.5 Å². The molecule has 0 fully saturated rings. The number of para-hydroxylation sites is 1. The molecule has 42 heavy (non-hydrogen) atoms. The van der Waals surface area contributed by atoms with Crippen molar-refractivity contribution in [2.45, 2.75) is 30.8 Å². The summed E-state index contributed by atoms with van der Waals surface area (Å²) in [5.74, 6) is 1.01. The molecule has 1 aliphatic rings. The number of carbonyl (C=O) groups excluding carboxylic acids is 1. The minimum Gasteiger partial charge on any atom is -0.497 e. The van der Waals surface area contributed by atoms with E-state index in [1.165, 1.54) is 16.6 Å². The highest BCUT2D eigenvalue weighted by atomic mass is 32.2. The number of amides is 1. The van der Waals surface area contributed by atoms with E-state index in [9.17, 15) is 9.59 Å². The number of methoxy groups -OCH3 is 2. The average molecular weight is 598 g/mol. The highest BCUT2D eigenvalue weighted by Crippen LogP contribution is 2.37. The third-order valence-corrected chi connectivity index (χ3v) is 9.72. The summed E-state index contributed by atoms with van der Waals surface area (Å²) in [4.78, 5) is 34.2. The van der Waals surface area contributed by atoms with Gasteiger partial charge in [-0.1, -0.05) is 30.0 Å². The predicted molar refractivity (Wildman–Crippen MR) is 168 cm³/mol. The summed E-state index contributed by atoms with van der Waals surface area (Å²) in [6.07, 6.45) is 4.06. The fourth-order valence-electron chi connectivity index (χ4n) is 5.58. The molecule has 0 unspecified atom stereocenters. The Morgan fingerprint density at radius 2 is 1.83 bits per heavy atom.